The third-order valence-electron chi connectivity index (χ3n) is 2.11. The molecule has 0 saturated carbocycles. The summed E-state index contributed by atoms with van der Waals surface area (Å²) in [6.45, 7) is 1.95. The van der Waals surface area contributed by atoms with Crippen LogP contribution in [0, 0.1) is 5.82 Å². The number of benzene rings is 1. The van der Waals surface area contributed by atoms with Crippen LogP contribution in [0.1, 0.15) is 18.9 Å². The van der Waals surface area contributed by atoms with Gasteiger partial charge in [0.15, 0.2) is 11.6 Å². The molecule has 1 rings (SSSR count). The first-order valence-electron chi connectivity index (χ1n) is 4.47. The van der Waals surface area contributed by atoms with Gasteiger partial charge in [-0.1, -0.05) is 22.9 Å². The van der Waals surface area contributed by atoms with Crippen LogP contribution in [0.15, 0.2) is 16.6 Å². The molecule has 1 atom stereocenters. The van der Waals surface area contributed by atoms with Gasteiger partial charge in [-0.3, -0.25) is 0 Å². The zero-order chi connectivity index (χ0) is 10.7. The Kier molecular flexibility index (Phi) is 6.17. The van der Waals surface area contributed by atoms with Crippen LogP contribution >= 0.6 is 28.3 Å². The van der Waals surface area contributed by atoms with E-state index in [-0.39, 0.29) is 24.2 Å². The SMILES string of the molecule is CCC(N)Cc1cc(Br)cc(F)c1O.Cl. The van der Waals surface area contributed by atoms with Gasteiger partial charge < -0.3 is 10.8 Å². The van der Waals surface area contributed by atoms with Gasteiger partial charge >= 0.3 is 0 Å². The summed E-state index contributed by atoms with van der Waals surface area (Å²) in [7, 11) is 0. The Morgan fingerprint density at radius 1 is 1.53 bits per heavy atom. The molecule has 0 radical (unpaired) electrons. The Bertz CT molecular complexity index is 335. The zero-order valence-corrected chi connectivity index (χ0v) is 10.7. The average molecular weight is 299 g/mol. The van der Waals surface area contributed by atoms with Gasteiger partial charge in [0.1, 0.15) is 0 Å². The smallest absolute Gasteiger partial charge is 0.166 e. The van der Waals surface area contributed by atoms with E-state index in [0.29, 0.717) is 16.5 Å². The molecule has 1 unspecified atom stereocenters. The summed E-state index contributed by atoms with van der Waals surface area (Å²) in [6, 6.07) is 2.87. The highest BCUT2D eigenvalue weighted by Gasteiger charge is 2.11. The van der Waals surface area contributed by atoms with E-state index in [0.717, 1.165) is 6.42 Å². The molecule has 0 amide bonds. The zero-order valence-electron chi connectivity index (χ0n) is 8.34. The maximum absolute atomic E-state index is 13.1. The maximum Gasteiger partial charge on any atom is 0.166 e. The van der Waals surface area contributed by atoms with E-state index in [2.05, 4.69) is 15.9 Å². The molecule has 0 saturated heterocycles. The predicted molar refractivity (Wildman–Crippen MR) is 65.0 cm³/mol. The Labute approximate surface area is 103 Å². The minimum Gasteiger partial charge on any atom is -0.505 e. The lowest BCUT2D eigenvalue weighted by Crippen LogP contribution is -2.21. The van der Waals surface area contributed by atoms with E-state index in [9.17, 15) is 9.50 Å². The maximum atomic E-state index is 13.1. The van der Waals surface area contributed by atoms with Crippen LogP contribution in [0.5, 0.6) is 5.75 Å². The number of hydrogen-bond acceptors (Lipinski definition) is 2. The molecule has 0 fully saturated rings. The van der Waals surface area contributed by atoms with Crippen molar-refractivity contribution in [3.05, 3.63) is 28.0 Å². The molecule has 15 heavy (non-hydrogen) atoms. The minimum absolute atomic E-state index is 0. The van der Waals surface area contributed by atoms with Crippen LogP contribution in [0.4, 0.5) is 4.39 Å². The van der Waals surface area contributed by atoms with Gasteiger partial charge in [-0.05, 0) is 30.5 Å². The first kappa shape index (κ1) is 14.7. The third-order valence-corrected chi connectivity index (χ3v) is 2.57. The largest absolute Gasteiger partial charge is 0.505 e. The van der Waals surface area contributed by atoms with Gasteiger partial charge in [0.25, 0.3) is 0 Å². The Balaban J connectivity index is 0.00000196. The van der Waals surface area contributed by atoms with Crippen LogP contribution in [-0.2, 0) is 6.42 Å². The second-order valence-electron chi connectivity index (χ2n) is 3.27. The van der Waals surface area contributed by atoms with Crippen LogP contribution in [0.3, 0.4) is 0 Å². The fourth-order valence-corrected chi connectivity index (χ4v) is 1.68. The molecular weight excluding hydrogens is 284 g/mol. The van der Waals surface area contributed by atoms with Gasteiger partial charge in [-0.2, -0.15) is 0 Å². The standard InChI is InChI=1S/C10H13BrFNO.ClH/c1-2-8(13)4-6-3-7(11)5-9(12)10(6)14;/h3,5,8,14H,2,4,13H2,1H3;1H. The summed E-state index contributed by atoms with van der Waals surface area (Å²) in [5, 5.41) is 9.42. The summed E-state index contributed by atoms with van der Waals surface area (Å²) in [6.07, 6.45) is 1.28. The lowest BCUT2D eigenvalue weighted by atomic mass is 10.0. The van der Waals surface area contributed by atoms with Gasteiger partial charge in [0.2, 0.25) is 0 Å². The second-order valence-corrected chi connectivity index (χ2v) is 4.18. The van der Waals surface area contributed by atoms with Crippen LogP contribution in [-0.4, -0.2) is 11.1 Å². The van der Waals surface area contributed by atoms with Crippen LogP contribution in [0.2, 0.25) is 0 Å². The molecule has 1 aromatic rings. The summed E-state index contributed by atoms with van der Waals surface area (Å²) in [5.74, 6) is -0.908. The van der Waals surface area contributed by atoms with Crippen molar-refractivity contribution in [1.82, 2.24) is 0 Å². The molecule has 0 aliphatic heterocycles. The second kappa shape index (κ2) is 6.30. The highest BCUT2D eigenvalue weighted by atomic mass is 79.9. The summed E-state index contributed by atoms with van der Waals surface area (Å²) < 4.78 is 13.7. The molecule has 0 aliphatic carbocycles. The number of halogens is 3. The summed E-state index contributed by atoms with van der Waals surface area (Å²) in [5.41, 5.74) is 6.27. The molecule has 2 nitrogen and oxygen atoms in total. The molecule has 5 heteroatoms. The number of phenols is 1. The topological polar surface area (TPSA) is 46.2 Å². The molecular formula is C10H14BrClFNO. The molecule has 0 bridgehead atoms. The summed E-state index contributed by atoms with van der Waals surface area (Å²) >= 11 is 3.17. The predicted octanol–water partition coefficient (Wildman–Crippen LogP) is 3.00. The first-order valence-corrected chi connectivity index (χ1v) is 5.26. The average Bonchev–Trinajstić information content (AvgIpc) is 2.13. The number of aromatic hydroxyl groups is 1. The van der Waals surface area contributed by atoms with E-state index < -0.39 is 5.82 Å². The first-order chi connectivity index (χ1) is 6.54. The van der Waals surface area contributed by atoms with Crippen molar-refractivity contribution < 1.29 is 9.50 Å². The third kappa shape index (κ3) is 3.97. The van der Waals surface area contributed by atoms with Gasteiger partial charge in [0.05, 0.1) is 0 Å². The van der Waals surface area contributed by atoms with E-state index >= 15 is 0 Å². The van der Waals surface area contributed by atoms with Crippen molar-refractivity contribution >= 4 is 28.3 Å². The van der Waals surface area contributed by atoms with E-state index in [4.69, 9.17) is 5.73 Å². The van der Waals surface area contributed by atoms with E-state index in [1.165, 1.54) is 6.07 Å². The number of nitrogens with two attached hydrogens (primary N) is 1. The molecule has 0 aromatic heterocycles. The van der Waals surface area contributed by atoms with Gasteiger partial charge in [0, 0.05) is 10.5 Å². The fourth-order valence-electron chi connectivity index (χ4n) is 1.20. The molecule has 0 spiro atoms. The highest BCUT2D eigenvalue weighted by molar-refractivity contribution is 9.10. The monoisotopic (exact) mass is 297 g/mol. The molecule has 0 heterocycles. The molecule has 1 aromatic carbocycles. The molecule has 0 aliphatic rings. The quantitative estimate of drug-likeness (QED) is 0.901. The number of rotatable bonds is 3. The number of phenolic OH excluding ortho intramolecular Hbond substituents is 1. The van der Waals surface area contributed by atoms with Crippen molar-refractivity contribution in [2.45, 2.75) is 25.8 Å². The minimum atomic E-state index is -0.613. The van der Waals surface area contributed by atoms with Crippen LogP contribution < -0.4 is 5.73 Å². The number of hydrogen-bond donors (Lipinski definition) is 2. The highest BCUT2D eigenvalue weighted by Crippen LogP contribution is 2.26. The normalized spacial score (nSPS) is 12.0. The van der Waals surface area contributed by atoms with E-state index in [1.54, 1.807) is 6.07 Å². The lowest BCUT2D eigenvalue weighted by molar-refractivity contribution is 0.422. The summed E-state index contributed by atoms with van der Waals surface area (Å²) in [4.78, 5) is 0. The molecule has 86 valence electrons. The van der Waals surface area contributed by atoms with Crippen molar-refractivity contribution in [2.24, 2.45) is 5.73 Å². The molecule has 3 N–H and O–H groups in total. The van der Waals surface area contributed by atoms with Crippen molar-refractivity contribution in [3.63, 3.8) is 0 Å². The fraction of sp³-hybridized carbons (Fsp3) is 0.400. The van der Waals surface area contributed by atoms with Crippen molar-refractivity contribution in [1.29, 1.82) is 0 Å². The van der Waals surface area contributed by atoms with E-state index in [1.807, 2.05) is 6.92 Å². The Morgan fingerprint density at radius 2 is 2.13 bits per heavy atom. The Hall–Kier alpha value is -0.320. The lowest BCUT2D eigenvalue weighted by Gasteiger charge is -2.11. The van der Waals surface area contributed by atoms with Crippen LogP contribution in [0.25, 0.3) is 0 Å². The Morgan fingerprint density at radius 3 is 2.67 bits per heavy atom. The van der Waals surface area contributed by atoms with Crippen molar-refractivity contribution in [2.75, 3.05) is 0 Å². The van der Waals surface area contributed by atoms with Gasteiger partial charge in [-0.15, -0.1) is 12.4 Å². The van der Waals surface area contributed by atoms with Crippen molar-refractivity contribution in [3.8, 4) is 5.75 Å². The van der Waals surface area contributed by atoms with Gasteiger partial charge in [-0.25, -0.2) is 4.39 Å².